The first-order valence-corrected chi connectivity index (χ1v) is 12.8. The third-order valence-corrected chi connectivity index (χ3v) is 7.96. The van der Waals surface area contributed by atoms with Crippen LogP contribution in [-0.2, 0) is 6.54 Å². The number of nitrogens with one attached hydrogen (secondary N) is 1. The van der Waals surface area contributed by atoms with Gasteiger partial charge in [-0.1, -0.05) is 37.5 Å². The number of carbonyl (C=O) groups is 1. The van der Waals surface area contributed by atoms with Crippen LogP contribution in [-0.4, -0.2) is 51.4 Å². The second-order valence-corrected chi connectivity index (χ2v) is 11.5. The van der Waals surface area contributed by atoms with E-state index in [-0.39, 0.29) is 11.9 Å². The van der Waals surface area contributed by atoms with E-state index in [0.717, 1.165) is 12.8 Å². The lowest BCUT2D eigenvalue weighted by molar-refractivity contribution is 0.0522. The van der Waals surface area contributed by atoms with Gasteiger partial charge in [-0.2, -0.15) is 5.10 Å². The van der Waals surface area contributed by atoms with Crippen molar-refractivity contribution in [3.8, 4) is 11.4 Å². The summed E-state index contributed by atoms with van der Waals surface area (Å²) in [6, 6.07) is 1.88. The monoisotopic (exact) mass is 475 g/mol. The quantitative estimate of drug-likeness (QED) is 0.605. The molecule has 1 saturated carbocycles. The Kier molecular flexibility index (Phi) is 7.20. The fourth-order valence-electron chi connectivity index (χ4n) is 5.24. The van der Waals surface area contributed by atoms with Crippen LogP contribution in [0.15, 0.2) is 16.9 Å². The first-order chi connectivity index (χ1) is 15.7. The zero-order valence-electron chi connectivity index (χ0n) is 20.5. The van der Waals surface area contributed by atoms with Crippen LogP contribution in [0.4, 0.5) is 0 Å². The van der Waals surface area contributed by atoms with Gasteiger partial charge in [-0.05, 0) is 82.3 Å². The predicted octanol–water partition coefficient (Wildman–Crippen LogP) is 5.40. The maximum absolute atomic E-state index is 13.2. The van der Waals surface area contributed by atoms with Crippen LogP contribution in [0.3, 0.4) is 0 Å². The van der Waals surface area contributed by atoms with Gasteiger partial charge in [-0.3, -0.25) is 9.48 Å². The van der Waals surface area contributed by atoms with Crippen molar-refractivity contribution in [3.05, 3.63) is 23.0 Å². The Labute approximate surface area is 202 Å². The van der Waals surface area contributed by atoms with Crippen molar-refractivity contribution < 1.29 is 9.32 Å². The lowest BCUT2D eigenvalue weighted by Gasteiger charge is -2.46. The fourth-order valence-corrected chi connectivity index (χ4v) is 5.58. The van der Waals surface area contributed by atoms with E-state index in [2.05, 4.69) is 41.2 Å². The molecule has 4 rings (SSSR count). The van der Waals surface area contributed by atoms with Crippen LogP contribution < -0.4 is 5.32 Å². The first-order valence-electron chi connectivity index (χ1n) is 12.4. The average Bonchev–Trinajstić information content (AvgIpc) is 3.42. The number of aromatic nitrogens is 3. The van der Waals surface area contributed by atoms with Crippen LogP contribution >= 0.6 is 11.6 Å². The van der Waals surface area contributed by atoms with Crippen molar-refractivity contribution in [2.75, 3.05) is 19.6 Å². The summed E-state index contributed by atoms with van der Waals surface area (Å²) in [5.74, 6) is -0.171. The fraction of sp³-hybridized carbons (Fsp3) is 0.720. The predicted molar refractivity (Wildman–Crippen MR) is 130 cm³/mol. The van der Waals surface area contributed by atoms with E-state index in [4.69, 9.17) is 16.1 Å². The summed E-state index contributed by atoms with van der Waals surface area (Å²) < 4.78 is 6.59. The molecule has 0 radical (unpaired) electrons. The summed E-state index contributed by atoms with van der Waals surface area (Å²) in [7, 11) is 0. The number of halogens is 1. The second-order valence-electron chi connectivity index (χ2n) is 11.1. The van der Waals surface area contributed by atoms with Crippen molar-refractivity contribution in [2.45, 2.75) is 85.2 Å². The zero-order chi connectivity index (χ0) is 23.6. The third-order valence-electron chi connectivity index (χ3n) is 7.57. The summed E-state index contributed by atoms with van der Waals surface area (Å²) in [5, 5.41) is 12.0. The Balaban J connectivity index is 1.33. The van der Waals surface area contributed by atoms with Crippen molar-refractivity contribution in [1.29, 1.82) is 0 Å². The summed E-state index contributed by atoms with van der Waals surface area (Å²) in [6.07, 6.45) is 9.70. The van der Waals surface area contributed by atoms with Gasteiger partial charge in [0.05, 0.1) is 0 Å². The number of rotatable bonds is 6. The van der Waals surface area contributed by atoms with Crippen LogP contribution in [0.2, 0.25) is 5.15 Å². The molecule has 1 aliphatic carbocycles. The number of amides is 1. The number of aryl methyl sites for hydroxylation is 1. The molecule has 1 N–H and O–H groups in total. The highest BCUT2D eigenvalue weighted by molar-refractivity contribution is 6.33. The van der Waals surface area contributed by atoms with Gasteiger partial charge in [0, 0.05) is 18.7 Å². The Morgan fingerprint density at radius 2 is 1.94 bits per heavy atom. The molecular formula is C25H38ClN5O2. The van der Waals surface area contributed by atoms with Crippen molar-refractivity contribution >= 4 is 17.5 Å². The van der Waals surface area contributed by atoms with Gasteiger partial charge in [-0.25, -0.2) is 0 Å². The molecule has 1 saturated heterocycles. The van der Waals surface area contributed by atoms with Crippen LogP contribution in [0, 0.1) is 10.8 Å². The minimum absolute atomic E-state index is 0.171. The standard InChI is InChI=1S/C25H38ClN5O2/c1-5-31-22(26)20(21(28-31)19-8-17-33-29-19)23(32)27-18-6-9-25(10-7-18)12-15-30(16-13-25)14-11-24(2,3)4/h8,17-18H,5-7,9-16H2,1-4H3,(H,27,32). The lowest BCUT2D eigenvalue weighted by Crippen LogP contribution is -2.46. The molecule has 0 unspecified atom stereocenters. The molecule has 2 fully saturated rings. The van der Waals surface area contributed by atoms with Gasteiger partial charge in [0.1, 0.15) is 28.4 Å². The summed E-state index contributed by atoms with van der Waals surface area (Å²) in [4.78, 5) is 15.9. The molecule has 3 heterocycles. The Hall–Kier alpha value is -1.86. The van der Waals surface area contributed by atoms with E-state index in [1.165, 1.54) is 58.0 Å². The minimum Gasteiger partial charge on any atom is -0.364 e. The van der Waals surface area contributed by atoms with E-state index >= 15 is 0 Å². The SMILES string of the molecule is CCn1nc(-c2ccon2)c(C(=O)NC2CCC3(CC2)CCN(CCC(C)(C)C)CC3)c1Cl. The summed E-state index contributed by atoms with van der Waals surface area (Å²) in [6.45, 7) is 13.1. The van der Waals surface area contributed by atoms with Crippen molar-refractivity contribution in [1.82, 2.24) is 25.2 Å². The Morgan fingerprint density at radius 3 is 2.52 bits per heavy atom. The molecule has 1 amide bonds. The van der Waals surface area contributed by atoms with E-state index in [1.54, 1.807) is 10.7 Å². The average molecular weight is 476 g/mol. The molecule has 2 aromatic heterocycles. The normalized spacial score (nSPS) is 19.8. The maximum Gasteiger partial charge on any atom is 0.256 e. The first kappa shape index (κ1) is 24.3. The Morgan fingerprint density at radius 1 is 1.24 bits per heavy atom. The van der Waals surface area contributed by atoms with E-state index in [9.17, 15) is 4.79 Å². The molecule has 1 spiro atoms. The number of nitrogens with zero attached hydrogens (tertiary/aromatic N) is 4. The van der Waals surface area contributed by atoms with Gasteiger partial charge in [0.15, 0.2) is 0 Å². The molecular weight excluding hydrogens is 438 g/mol. The highest BCUT2D eigenvalue weighted by Crippen LogP contribution is 2.45. The third kappa shape index (κ3) is 5.62. The molecule has 0 aromatic carbocycles. The second kappa shape index (κ2) is 9.79. The molecule has 182 valence electrons. The maximum atomic E-state index is 13.2. The molecule has 33 heavy (non-hydrogen) atoms. The van der Waals surface area contributed by atoms with E-state index in [0.29, 0.717) is 39.5 Å². The molecule has 7 nitrogen and oxygen atoms in total. The number of carbonyl (C=O) groups excluding carboxylic acids is 1. The van der Waals surface area contributed by atoms with Crippen LogP contribution in [0.5, 0.6) is 0 Å². The largest absolute Gasteiger partial charge is 0.364 e. The number of piperidine rings is 1. The van der Waals surface area contributed by atoms with Gasteiger partial charge in [0.25, 0.3) is 5.91 Å². The minimum atomic E-state index is -0.171. The number of hydrogen-bond donors (Lipinski definition) is 1. The zero-order valence-corrected chi connectivity index (χ0v) is 21.2. The topological polar surface area (TPSA) is 76.2 Å². The molecule has 2 aromatic rings. The lowest BCUT2D eigenvalue weighted by atomic mass is 9.67. The van der Waals surface area contributed by atoms with Crippen molar-refractivity contribution in [3.63, 3.8) is 0 Å². The molecule has 1 aliphatic heterocycles. The summed E-state index contributed by atoms with van der Waals surface area (Å²) >= 11 is 6.52. The van der Waals surface area contributed by atoms with E-state index < -0.39 is 0 Å². The van der Waals surface area contributed by atoms with Gasteiger partial charge in [-0.15, -0.1) is 0 Å². The highest BCUT2D eigenvalue weighted by atomic mass is 35.5. The molecule has 2 aliphatic rings. The Bertz CT molecular complexity index is 929. The van der Waals surface area contributed by atoms with Gasteiger partial charge in [0.2, 0.25) is 0 Å². The van der Waals surface area contributed by atoms with E-state index in [1.807, 2.05) is 6.92 Å². The van der Waals surface area contributed by atoms with Gasteiger partial charge >= 0.3 is 0 Å². The van der Waals surface area contributed by atoms with Gasteiger partial charge < -0.3 is 14.7 Å². The molecule has 0 bridgehead atoms. The highest BCUT2D eigenvalue weighted by Gasteiger charge is 2.39. The molecule has 8 heteroatoms. The number of hydrogen-bond acceptors (Lipinski definition) is 5. The number of likely N-dealkylation sites (tertiary alicyclic amines) is 1. The van der Waals surface area contributed by atoms with Crippen LogP contribution in [0.1, 0.15) is 83.0 Å². The molecule has 0 atom stereocenters. The van der Waals surface area contributed by atoms with Crippen molar-refractivity contribution in [2.24, 2.45) is 10.8 Å². The van der Waals surface area contributed by atoms with Crippen LogP contribution in [0.25, 0.3) is 11.4 Å². The smallest absolute Gasteiger partial charge is 0.256 e. The summed E-state index contributed by atoms with van der Waals surface area (Å²) in [5.41, 5.74) is 2.24.